The van der Waals surface area contributed by atoms with Crippen LogP contribution in [0.15, 0.2) is 48.7 Å². The van der Waals surface area contributed by atoms with Crippen LogP contribution in [0.1, 0.15) is 11.1 Å². The minimum atomic E-state index is -3.45. The minimum absolute atomic E-state index is 0.156. The predicted molar refractivity (Wildman–Crippen MR) is 127 cm³/mol. The highest BCUT2D eigenvalue weighted by Gasteiger charge is 2.34. The molecule has 1 aromatic heterocycles. The number of urea groups is 1. The number of anilines is 1. The highest BCUT2D eigenvalue weighted by atomic mass is 32.2. The molecule has 1 N–H and O–H groups in total. The van der Waals surface area contributed by atoms with Crippen LogP contribution in [0.4, 0.5) is 10.5 Å². The van der Waals surface area contributed by atoms with Crippen molar-refractivity contribution in [2.45, 2.75) is 13.5 Å². The SMILES string of the molecule is COc1cccc(N2C(=O)N(C)NN2C)c1COc1ccc(-c2ccn(S(C)(=O)=O)n2)cc1C. The Bertz CT molecular complexity index is 1340. The van der Waals surface area contributed by atoms with Gasteiger partial charge in [-0.15, -0.1) is 10.7 Å². The highest BCUT2D eigenvalue weighted by molar-refractivity contribution is 7.89. The maximum absolute atomic E-state index is 12.7. The third-order valence-electron chi connectivity index (χ3n) is 5.37. The Hall–Kier alpha value is -3.61. The summed E-state index contributed by atoms with van der Waals surface area (Å²) in [6.07, 6.45) is 2.51. The first kappa shape index (κ1) is 23.5. The van der Waals surface area contributed by atoms with Crippen LogP contribution in [0.2, 0.25) is 0 Å². The summed E-state index contributed by atoms with van der Waals surface area (Å²) in [6, 6.07) is 12.4. The van der Waals surface area contributed by atoms with E-state index in [0.29, 0.717) is 28.4 Å². The summed E-state index contributed by atoms with van der Waals surface area (Å²) in [5, 5.41) is 8.58. The number of carbonyl (C=O) groups is 1. The molecule has 1 aliphatic heterocycles. The van der Waals surface area contributed by atoms with Crippen molar-refractivity contribution in [1.82, 2.24) is 24.8 Å². The first-order valence-electron chi connectivity index (χ1n) is 10.3. The fraction of sp³-hybridized carbons (Fsp3) is 0.273. The summed E-state index contributed by atoms with van der Waals surface area (Å²) in [6.45, 7) is 2.05. The lowest BCUT2D eigenvalue weighted by molar-refractivity contribution is 0.167. The van der Waals surface area contributed by atoms with Gasteiger partial charge in [0.05, 0.1) is 30.3 Å². The predicted octanol–water partition coefficient (Wildman–Crippen LogP) is 2.39. The highest BCUT2D eigenvalue weighted by Crippen LogP contribution is 2.34. The monoisotopic (exact) mass is 486 g/mol. The number of amides is 2. The van der Waals surface area contributed by atoms with Crippen LogP contribution >= 0.6 is 0 Å². The molecule has 1 saturated heterocycles. The van der Waals surface area contributed by atoms with Crippen LogP contribution in [0.5, 0.6) is 11.5 Å². The number of hydrogen-bond donors (Lipinski definition) is 1. The first-order chi connectivity index (χ1) is 16.1. The van der Waals surface area contributed by atoms with Crippen molar-refractivity contribution >= 4 is 21.7 Å². The lowest BCUT2D eigenvalue weighted by atomic mass is 10.1. The molecular formula is C22H26N6O5S. The first-order valence-corrected chi connectivity index (χ1v) is 12.2. The van der Waals surface area contributed by atoms with Crippen molar-refractivity contribution in [1.29, 1.82) is 0 Å². The van der Waals surface area contributed by atoms with E-state index in [1.807, 2.05) is 43.3 Å². The lowest BCUT2D eigenvalue weighted by Gasteiger charge is -2.25. The van der Waals surface area contributed by atoms with Gasteiger partial charge in [0.1, 0.15) is 18.1 Å². The van der Waals surface area contributed by atoms with Crippen LogP contribution in [0, 0.1) is 6.92 Å². The van der Waals surface area contributed by atoms with E-state index in [1.54, 1.807) is 32.4 Å². The molecule has 4 rings (SSSR count). The normalized spacial score (nSPS) is 14.7. The molecule has 1 aliphatic rings. The zero-order valence-corrected chi connectivity index (χ0v) is 20.3. The molecule has 180 valence electrons. The van der Waals surface area contributed by atoms with E-state index >= 15 is 0 Å². The molecule has 11 nitrogen and oxygen atoms in total. The number of rotatable bonds is 7. The average molecular weight is 487 g/mol. The van der Waals surface area contributed by atoms with Gasteiger partial charge in [-0.25, -0.2) is 23.2 Å². The molecule has 12 heteroatoms. The fourth-order valence-electron chi connectivity index (χ4n) is 3.69. The molecule has 2 heterocycles. The zero-order chi connectivity index (χ0) is 24.6. The Kier molecular flexibility index (Phi) is 6.21. The fourth-order valence-corrected chi connectivity index (χ4v) is 4.21. The van der Waals surface area contributed by atoms with Gasteiger partial charge in [0.15, 0.2) is 0 Å². The number of ether oxygens (including phenoxy) is 2. The maximum atomic E-state index is 12.7. The number of aryl methyl sites for hydroxylation is 1. The molecule has 2 aromatic carbocycles. The Labute approximate surface area is 198 Å². The number of hydrogen-bond acceptors (Lipinski definition) is 8. The van der Waals surface area contributed by atoms with Crippen molar-refractivity contribution in [3.8, 4) is 22.8 Å². The van der Waals surface area contributed by atoms with Gasteiger partial charge in [0.2, 0.25) is 0 Å². The molecule has 34 heavy (non-hydrogen) atoms. The Morgan fingerprint density at radius 1 is 1.09 bits per heavy atom. The number of benzene rings is 2. The van der Waals surface area contributed by atoms with Crippen molar-refractivity contribution in [3.05, 3.63) is 59.8 Å². The molecule has 2 amide bonds. The van der Waals surface area contributed by atoms with Crippen LogP contribution in [-0.4, -0.2) is 61.2 Å². The van der Waals surface area contributed by atoms with E-state index in [9.17, 15) is 13.2 Å². The van der Waals surface area contributed by atoms with Gasteiger partial charge in [-0.2, -0.15) is 9.19 Å². The molecule has 1 fully saturated rings. The van der Waals surface area contributed by atoms with Gasteiger partial charge >= 0.3 is 6.03 Å². The van der Waals surface area contributed by atoms with E-state index in [4.69, 9.17) is 9.47 Å². The third kappa shape index (κ3) is 4.42. The Morgan fingerprint density at radius 3 is 2.44 bits per heavy atom. The number of methoxy groups -OCH3 is 1. The second-order valence-electron chi connectivity index (χ2n) is 7.84. The van der Waals surface area contributed by atoms with E-state index in [-0.39, 0.29) is 12.6 Å². The summed E-state index contributed by atoms with van der Waals surface area (Å²) in [5.74, 6) is 1.23. The van der Waals surface area contributed by atoms with Gasteiger partial charge in [0.25, 0.3) is 10.0 Å². The van der Waals surface area contributed by atoms with E-state index in [0.717, 1.165) is 21.5 Å². The second-order valence-corrected chi connectivity index (χ2v) is 9.68. The summed E-state index contributed by atoms with van der Waals surface area (Å²) < 4.78 is 36.0. The molecule has 0 radical (unpaired) electrons. The maximum Gasteiger partial charge on any atom is 0.355 e. The van der Waals surface area contributed by atoms with Gasteiger partial charge in [-0.1, -0.05) is 6.07 Å². The second kappa shape index (κ2) is 8.97. The number of aromatic nitrogens is 2. The summed E-state index contributed by atoms with van der Waals surface area (Å²) in [5.41, 5.74) is 6.40. The Balaban J connectivity index is 1.59. The van der Waals surface area contributed by atoms with E-state index in [2.05, 4.69) is 10.6 Å². The molecule has 0 spiro atoms. The van der Waals surface area contributed by atoms with Gasteiger partial charge < -0.3 is 9.47 Å². The molecule has 0 atom stereocenters. The molecule has 0 aliphatic carbocycles. The van der Waals surface area contributed by atoms with Crippen LogP contribution < -0.4 is 20.0 Å². The van der Waals surface area contributed by atoms with Crippen LogP contribution in [0.3, 0.4) is 0 Å². The minimum Gasteiger partial charge on any atom is -0.496 e. The topological polar surface area (TPSA) is 109 Å². The van der Waals surface area contributed by atoms with Crippen molar-refractivity contribution in [2.75, 3.05) is 32.5 Å². The average Bonchev–Trinajstić information content (AvgIpc) is 3.38. The smallest absolute Gasteiger partial charge is 0.355 e. The quantitative estimate of drug-likeness (QED) is 0.542. The largest absolute Gasteiger partial charge is 0.496 e. The summed E-state index contributed by atoms with van der Waals surface area (Å²) in [4.78, 5) is 12.7. The van der Waals surface area contributed by atoms with Crippen molar-refractivity contribution in [3.63, 3.8) is 0 Å². The van der Waals surface area contributed by atoms with E-state index in [1.165, 1.54) is 16.2 Å². The molecule has 0 bridgehead atoms. The zero-order valence-electron chi connectivity index (χ0n) is 19.5. The Morgan fingerprint density at radius 2 is 1.85 bits per heavy atom. The summed E-state index contributed by atoms with van der Waals surface area (Å²) >= 11 is 0. The number of nitrogens with one attached hydrogen (secondary N) is 1. The van der Waals surface area contributed by atoms with Crippen molar-refractivity contribution < 1.29 is 22.7 Å². The molecule has 0 unspecified atom stereocenters. The number of carbonyl (C=O) groups excluding carboxylic acids is 1. The van der Waals surface area contributed by atoms with Gasteiger partial charge in [-0.3, -0.25) is 0 Å². The standard InChI is InChI=1S/C22H26N6O5S/c1-15-13-16(18-11-12-27(23-18)34(5,30)31)9-10-20(15)33-14-17-19(7-6-8-21(17)32-4)28-22(29)25(2)24-26(28)3/h6-13,24H,14H2,1-5H3. The number of hydrazine groups is 3. The van der Waals surface area contributed by atoms with Crippen LogP contribution in [0.25, 0.3) is 11.3 Å². The molecular weight excluding hydrogens is 460 g/mol. The summed E-state index contributed by atoms with van der Waals surface area (Å²) in [7, 11) is 1.49. The molecule has 3 aromatic rings. The number of nitrogens with zero attached hydrogens (tertiary/aromatic N) is 5. The lowest BCUT2D eigenvalue weighted by Crippen LogP contribution is -2.40. The van der Waals surface area contributed by atoms with Crippen molar-refractivity contribution in [2.24, 2.45) is 0 Å². The van der Waals surface area contributed by atoms with Crippen LogP contribution in [-0.2, 0) is 16.6 Å². The van der Waals surface area contributed by atoms with Gasteiger partial charge in [0, 0.05) is 25.9 Å². The third-order valence-corrected chi connectivity index (χ3v) is 6.25. The molecule has 0 saturated carbocycles. The van der Waals surface area contributed by atoms with Gasteiger partial charge in [-0.05, 0) is 48.9 Å². The van der Waals surface area contributed by atoms with E-state index < -0.39 is 10.0 Å².